The summed E-state index contributed by atoms with van der Waals surface area (Å²) in [6, 6.07) is 25.9. The second kappa shape index (κ2) is 11.0. The van der Waals surface area contributed by atoms with E-state index in [1.165, 1.54) is 6.07 Å². The van der Waals surface area contributed by atoms with Crippen LogP contribution in [0.4, 0.5) is 0 Å². The molecule has 6 aromatic rings. The number of pyridine rings is 2. The molecule has 0 saturated heterocycles. The van der Waals surface area contributed by atoms with Gasteiger partial charge in [0.15, 0.2) is 5.78 Å². The molecule has 0 spiro atoms. The smallest absolute Gasteiger partial charge is 0.293 e. The van der Waals surface area contributed by atoms with E-state index in [0.29, 0.717) is 28.0 Å². The minimum Gasteiger partial charge on any atom is -0.293 e. The van der Waals surface area contributed by atoms with E-state index in [0.717, 1.165) is 33.2 Å². The molecule has 8 heteroatoms. The van der Waals surface area contributed by atoms with Gasteiger partial charge < -0.3 is 0 Å². The van der Waals surface area contributed by atoms with Crippen molar-refractivity contribution < 1.29 is 4.79 Å². The van der Waals surface area contributed by atoms with Gasteiger partial charge in [0.25, 0.3) is 5.56 Å². The predicted octanol–water partition coefficient (Wildman–Crippen LogP) is 6.65. The Morgan fingerprint density at radius 1 is 0.889 bits per heavy atom. The zero-order valence-electron chi connectivity index (χ0n) is 25.7. The molecule has 222 valence electrons. The molecule has 0 amide bonds. The van der Waals surface area contributed by atoms with Gasteiger partial charge in [0.2, 0.25) is 0 Å². The number of aryl methyl sites for hydroxylation is 1. The van der Waals surface area contributed by atoms with Crippen LogP contribution in [0.1, 0.15) is 43.6 Å². The Hall–Kier alpha value is -5.81. The lowest BCUT2D eigenvalue weighted by Gasteiger charge is -2.16. The van der Waals surface area contributed by atoms with Gasteiger partial charge in [0.05, 0.1) is 39.9 Å². The van der Waals surface area contributed by atoms with Gasteiger partial charge >= 0.3 is 5.69 Å². The Morgan fingerprint density at radius 3 is 2.22 bits per heavy atom. The van der Waals surface area contributed by atoms with Crippen LogP contribution in [0, 0.1) is 11.3 Å². The minimum absolute atomic E-state index is 0.0833. The molecule has 3 heterocycles. The highest BCUT2D eigenvalue weighted by molar-refractivity contribution is 6.05. The third-order valence-electron chi connectivity index (χ3n) is 8.10. The Balaban J connectivity index is 1.48. The van der Waals surface area contributed by atoms with Crippen molar-refractivity contribution in [3.8, 4) is 28.6 Å². The maximum absolute atomic E-state index is 13.6. The van der Waals surface area contributed by atoms with Gasteiger partial charge in [-0.1, -0.05) is 23.8 Å². The van der Waals surface area contributed by atoms with Gasteiger partial charge in [-0.3, -0.25) is 28.3 Å². The van der Waals surface area contributed by atoms with Crippen LogP contribution in [0.25, 0.3) is 44.4 Å². The van der Waals surface area contributed by atoms with E-state index < -0.39 is 5.41 Å². The van der Waals surface area contributed by atoms with Crippen molar-refractivity contribution in [2.45, 2.75) is 33.1 Å². The number of fused-ring (bicyclic) bond motifs is 3. The molecule has 3 aromatic heterocycles. The number of rotatable bonds is 6. The summed E-state index contributed by atoms with van der Waals surface area (Å²) in [4.78, 5) is 43.5. The highest BCUT2D eigenvalue weighted by atomic mass is 16.2. The average Bonchev–Trinajstić information content (AvgIpc) is 3.30. The van der Waals surface area contributed by atoms with Gasteiger partial charge in [-0.15, -0.1) is 0 Å². The highest BCUT2D eigenvalue weighted by Crippen LogP contribution is 2.31. The summed E-state index contributed by atoms with van der Waals surface area (Å²) in [5.74, 6) is -0.0833. The van der Waals surface area contributed by atoms with E-state index in [-0.39, 0.29) is 17.0 Å². The molecule has 0 fully saturated rings. The molecule has 6 rings (SSSR count). The Kier molecular flexibility index (Phi) is 7.18. The van der Waals surface area contributed by atoms with Crippen molar-refractivity contribution in [3.05, 3.63) is 135 Å². The Morgan fingerprint density at radius 2 is 1.56 bits per heavy atom. The van der Waals surface area contributed by atoms with Crippen molar-refractivity contribution in [2.24, 2.45) is 7.05 Å². The van der Waals surface area contributed by atoms with Gasteiger partial charge in [-0.05, 0) is 105 Å². The molecule has 0 aliphatic carbocycles. The Labute approximate surface area is 259 Å². The SMILES string of the molecule is CC(C)=CC(=O)c1ccc(-n2cc(-c3ccc4ncc5c(c4c3)n(-c3ccc(C(C)(C)C#N)cc3)c(=O)n5C)ccc2=O)cc1. The van der Waals surface area contributed by atoms with Crippen molar-refractivity contribution in [1.29, 1.82) is 5.26 Å². The highest BCUT2D eigenvalue weighted by Gasteiger charge is 2.21. The first kappa shape index (κ1) is 29.3. The summed E-state index contributed by atoms with van der Waals surface area (Å²) < 4.78 is 4.80. The molecule has 0 bridgehead atoms. The predicted molar refractivity (Wildman–Crippen MR) is 177 cm³/mol. The number of hydrogen-bond donors (Lipinski definition) is 0. The van der Waals surface area contributed by atoms with Gasteiger partial charge in [-0.25, -0.2) is 4.79 Å². The van der Waals surface area contributed by atoms with Gasteiger partial charge in [-0.2, -0.15) is 5.26 Å². The lowest BCUT2D eigenvalue weighted by molar-refractivity contribution is 0.104. The lowest BCUT2D eigenvalue weighted by Crippen LogP contribution is -2.21. The van der Waals surface area contributed by atoms with Crippen LogP contribution in [-0.2, 0) is 12.5 Å². The second-order valence-corrected chi connectivity index (χ2v) is 11.9. The molecular weight excluding hydrogens is 562 g/mol. The number of aromatic nitrogens is 4. The van der Waals surface area contributed by atoms with Crippen LogP contribution in [0.2, 0.25) is 0 Å². The standard InChI is InChI=1S/C37H31N5O3/c1-23(2)18-33(43)24-6-12-28(13-7-24)41-21-26(9-17-34(41)44)25-8-16-31-30(19-25)35-32(20-39-31)40(5)36(45)42(35)29-14-10-27(11-15-29)37(3,4)22-38/h6-21H,1-5H3. The first-order chi connectivity index (χ1) is 21.5. The van der Waals surface area contributed by atoms with E-state index in [9.17, 15) is 19.6 Å². The van der Waals surface area contributed by atoms with Crippen LogP contribution in [0.3, 0.4) is 0 Å². The second-order valence-electron chi connectivity index (χ2n) is 11.9. The number of allylic oxidation sites excluding steroid dienone is 2. The number of benzene rings is 3. The van der Waals surface area contributed by atoms with Crippen LogP contribution in [0.5, 0.6) is 0 Å². The molecule has 0 aliphatic heterocycles. The third kappa shape index (κ3) is 5.19. The number of imidazole rings is 1. The first-order valence-electron chi connectivity index (χ1n) is 14.5. The zero-order valence-corrected chi connectivity index (χ0v) is 25.7. The number of ketones is 1. The molecule has 45 heavy (non-hydrogen) atoms. The third-order valence-corrected chi connectivity index (χ3v) is 8.10. The van der Waals surface area contributed by atoms with Crippen LogP contribution < -0.4 is 11.2 Å². The number of carbonyl (C=O) groups is 1. The van der Waals surface area contributed by atoms with Crippen molar-refractivity contribution in [2.75, 3.05) is 0 Å². The van der Waals surface area contributed by atoms with E-state index in [1.54, 1.807) is 69.6 Å². The first-order valence-corrected chi connectivity index (χ1v) is 14.5. The van der Waals surface area contributed by atoms with E-state index in [2.05, 4.69) is 11.1 Å². The minimum atomic E-state index is -0.657. The van der Waals surface area contributed by atoms with E-state index in [4.69, 9.17) is 0 Å². The molecule has 0 atom stereocenters. The molecule has 0 unspecified atom stereocenters. The molecule has 0 radical (unpaired) electrons. The fraction of sp³-hybridized carbons (Fsp3) is 0.162. The van der Waals surface area contributed by atoms with Gasteiger partial charge in [0, 0.05) is 35.9 Å². The maximum atomic E-state index is 13.6. The normalized spacial score (nSPS) is 11.5. The molecule has 0 saturated carbocycles. The summed E-state index contributed by atoms with van der Waals surface area (Å²) in [5.41, 5.74) is 6.33. The largest absolute Gasteiger partial charge is 0.333 e. The topological polar surface area (TPSA) is 103 Å². The molecular formula is C37H31N5O3. The number of hydrogen-bond acceptors (Lipinski definition) is 5. The molecule has 0 N–H and O–H groups in total. The lowest BCUT2D eigenvalue weighted by atomic mass is 9.86. The quantitative estimate of drug-likeness (QED) is 0.159. The Bertz CT molecular complexity index is 2320. The van der Waals surface area contributed by atoms with Crippen molar-refractivity contribution in [3.63, 3.8) is 0 Å². The van der Waals surface area contributed by atoms with E-state index >= 15 is 0 Å². The van der Waals surface area contributed by atoms with E-state index in [1.807, 2.05) is 70.2 Å². The number of nitrogens with zero attached hydrogens (tertiary/aromatic N) is 5. The summed E-state index contributed by atoms with van der Waals surface area (Å²) in [7, 11) is 1.72. The fourth-order valence-electron chi connectivity index (χ4n) is 5.50. The zero-order chi connectivity index (χ0) is 32.0. The maximum Gasteiger partial charge on any atom is 0.333 e. The average molecular weight is 594 g/mol. The number of carbonyl (C=O) groups excluding carboxylic acids is 1. The monoisotopic (exact) mass is 593 g/mol. The van der Waals surface area contributed by atoms with Crippen molar-refractivity contribution in [1.82, 2.24) is 18.7 Å². The summed E-state index contributed by atoms with van der Waals surface area (Å²) in [5, 5.41) is 10.3. The number of nitriles is 1. The van der Waals surface area contributed by atoms with Crippen LogP contribution >= 0.6 is 0 Å². The molecule has 0 aliphatic rings. The summed E-state index contributed by atoms with van der Waals surface area (Å²) in [6.07, 6.45) is 5.07. The van der Waals surface area contributed by atoms with Gasteiger partial charge in [0.1, 0.15) is 0 Å². The fourth-order valence-corrected chi connectivity index (χ4v) is 5.50. The summed E-state index contributed by atoms with van der Waals surface area (Å²) in [6.45, 7) is 7.46. The van der Waals surface area contributed by atoms with Crippen molar-refractivity contribution >= 4 is 27.7 Å². The van der Waals surface area contributed by atoms with Crippen LogP contribution in [-0.4, -0.2) is 24.5 Å². The summed E-state index contributed by atoms with van der Waals surface area (Å²) >= 11 is 0. The molecule has 8 nitrogen and oxygen atoms in total. The molecule has 3 aromatic carbocycles. The van der Waals surface area contributed by atoms with Crippen LogP contribution in [0.15, 0.2) is 112 Å².